The van der Waals surface area contributed by atoms with Crippen LogP contribution in [0.1, 0.15) is 15.2 Å². The maximum Gasteiger partial charge on any atom is 0.324 e. The Morgan fingerprint density at radius 2 is 2.00 bits per heavy atom. The fourth-order valence-electron chi connectivity index (χ4n) is 2.75. The van der Waals surface area contributed by atoms with Crippen LogP contribution in [0.2, 0.25) is 0 Å². The van der Waals surface area contributed by atoms with Crippen LogP contribution in [-0.4, -0.2) is 53.9 Å². The van der Waals surface area contributed by atoms with Crippen molar-refractivity contribution in [1.82, 2.24) is 9.80 Å². The second-order valence-electron chi connectivity index (χ2n) is 6.13. The van der Waals surface area contributed by atoms with Crippen LogP contribution >= 0.6 is 11.3 Å². The molecule has 1 amide bonds. The van der Waals surface area contributed by atoms with E-state index in [2.05, 4.69) is 22.2 Å². The van der Waals surface area contributed by atoms with Gasteiger partial charge in [-0.1, -0.05) is 23.5 Å². The summed E-state index contributed by atoms with van der Waals surface area (Å²) in [6.45, 7) is 5.04. The molecule has 3 rings (SSSR count). The lowest BCUT2D eigenvalue weighted by Gasteiger charge is -2.32. The minimum absolute atomic E-state index is 0.0334. The van der Waals surface area contributed by atoms with Gasteiger partial charge in [0, 0.05) is 44.5 Å². The number of carbonyl (C=O) groups excluding carboxylic acids is 1. The molecule has 0 unspecified atom stereocenters. The third-order valence-electron chi connectivity index (χ3n) is 4.18. The largest absolute Gasteiger partial charge is 0.324 e. The molecule has 1 aliphatic heterocycles. The van der Waals surface area contributed by atoms with Crippen LogP contribution in [0.3, 0.4) is 0 Å². The van der Waals surface area contributed by atoms with E-state index in [0.29, 0.717) is 10.6 Å². The van der Waals surface area contributed by atoms with Crippen molar-refractivity contribution in [3.05, 3.63) is 57.0 Å². The molecule has 1 aromatic heterocycles. The summed E-state index contributed by atoms with van der Waals surface area (Å²) in [7, 11) is 2.13. The molecule has 1 N–H and O–H groups in total. The van der Waals surface area contributed by atoms with Gasteiger partial charge in [-0.15, -0.1) is 0 Å². The normalized spacial score (nSPS) is 15.9. The summed E-state index contributed by atoms with van der Waals surface area (Å²) < 4.78 is 0. The van der Waals surface area contributed by atoms with E-state index >= 15 is 0 Å². The number of hydrogen-bond donors (Lipinski definition) is 1. The average molecular weight is 360 g/mol. The van der Waals surface area contributed by atoms with Gasteiger partial charge < -0.3 is 10.2 Å². The van der Waals surface area contributed by atoms with Gasteiger partial charge in [-0.25, -0.2) is 0 Å². The van der Waals surface area contributed by atoms with Gasteiger partial charge in [0.2, 0.25) is 0 Å². The third-order valence-corrected chi connectivity index (χ3v) is 5.22. The maximum atomic E-state index is 12.2. The predicted molar refractivity (Wildman–Crippen MR) is 98.1 cm³/mol. The second kappa shape index (κ2) is 7.73. The van der Waals surface area contributed by atoms with E-state index in [1.807, 2.05) is 24.3 Å². The van der Waals surface area contributed by atoms with Crippen LogP contribution in [0, 0.1) is 10.1 Å². The molecule has 132 valence electrons. The van der Waals surface area contributed by atoms with Crippen molar-refractivity contribution in [3.63, 3.8) is 0 Å². The zero-order valence-corrected chi connectivity index (χ0v) is 14.8. The minimum Gasteiger partial charge on any atom is -0.321 e. The first kappa shape index (κ1) is 17.5. The summed E-state index contributed by atoms with van der Waals surface area (Å²) in [6.07, 6.45) is 0. The zero-order valence-electron chi connectivity index (χ0n) is 14.0. The van der Waals surface area contributed by atoms with Crippen LogP contribution < -0.4 is 5.32 Å². The molecule has 1 aromatic carbocycles. The van der Waals surface area contributed by atoms with E-state index in [4.69, 9.17) is 0 Å². The molecule has 25 heavy (non-hydrogen) atoms. The van der Waals surface area contributed by atoms with Gasteiger partial charge in [-0.3, -0.25) is 19.8 Å². The smallest absolute Gasteiger partial charge is 0.321 e. The number of benzene rings is 1. The number of nitro groups is 1. The van der Waals surface area contributed by atoms with Crippen molar-refractivity contribution in [2.45, 2.75) is 6.54 Å². The Hall–Kier alpha value is -2.29. The Labute approximate surface area is 150 Å². The molecule has 0 spiro atoms. The van der Waals surface area contributed by atoms with E-state index in [0.717, 1.165) is 49.6 Å². The minimum atomic E-state index is -0.488. The average Bonchev–Trinajstić information content (AvgIpc) is 3.08. The Bertz CT molecular complexity index is 769. The highest BCUT2D eigenvalue weighted by Crippen LogP contribution is 2.25. The first-order valence-corrected chi connectivity index (χ1v) is 8.88. The predicted octanol–water partition coefficient (Wildman–Crippen LogP) is 2.66. The summed E-state index contributed by atoms with van der Waals surface area (Å²) >= 11 is 0.877. The van der Waals surface area contributed by atoms with E-state index in [1.165, 1.54) is 12.1 Å². The standard InChI is InChI=1S/C17H20N4O3S/c1-19-7-9-20(10-8-19)12-13-3-2-4-14(11-13)18-17(22)15-5-6-16(25-15)21(23)24/h2-6,11H,7-10,12H2,1H3,(H,18,22). The Morgan fingerprint density at radius 3 is 2.68 bits per heavy atom. The quantitative estimate of drug-likeness (QED) is 0.655. The van der Waals surface area contributed by atoms with Crippen molar-refractivity contribution < 1.29 is 9.72 Å². The van der Waals surface area contributed by atoms with Gasteiger partial charge >= 0.3 is 5.00 Å². The summed E-state index contributed by atoms with van der Waals surface area (Å²) in [5.41, 5.74) is 1.84. The molecule has 7 nitrogen and oxygen atoms in total. The molecular weight excluding hydrogens is 340 g/mol. The van der Waals surface area contributed by atoms with Gasteiger partial charge in [0.05, 0.1) is 9.80 Å². The molecule has 0 radical (unpaired) electrons. The number of anilines is 1. The van der Waals surface area contributed by atoms with Crippen LogP contribution in [0.4, 0.5) is 10.7 Å². The van der Waals surface area contributed by atoms with Crippen LogP contribution in [-0.2, 0) is 6.54 Å². The van der Waals surface area contributed by atoms with E-state index < -0.39 is 4.92 Å². The van der Waals surface area contributed by atoms with Gasteiger partial charge in [-0.05, 0) is 30.8 Å². The molecule has 0 aliphatic carbocycles. The molecule has 8 heteroatoms. The Morgan fingerprint density at radius 1 is 1.24 bits per heavy atom. The number of carbonyl (C=O) groups is 1. The van der Waals surface area contributed by atoms with Crippen LogP contribution in [0.15, 0.2) is 36.4 Å². The van der Waals surface area contributed by atoms with Gasteiger partial charge in [0.1, 0.15) is 0 Å². The summed E-state index contributed by atoms with van der Waals surface area (Å²) in [4.78, 5) is 27.5. The number of thiophene rings is 1. The zero-order chi connectivity index (χ0) is 17.8. The molecule has 0 saturated carbocycles. The van der Waals surface area contributed by atoms with Crippen LogP contribution in [0.25, 0.3) is 0 Å². The Balaban J connectivity index is 1.62. The molecule has 1 aliphatic rings. The van der Waals surface area contributed by atoms with E-state index in [9.17, 15) is 14.9 Å². The monoisotopic (exact) mass is 360 g/mol. The summed E-state index contributed by atoms with van der Waals surface area (Å²) in [5.74, 6) is -0.324. The molecule has 2 heterocycles. The van der Waals surface area contributed by atoms with Gasteiger partial charge in [0.25, 0.3) is 5.91 Å². The van der Waals surface area contributed by atoms with Crippen molar-refractivity contribution >= 4 is 27.9 Å². The molecule has 1 saturated heterocycles. The fourth-order valence-corrected chi connectivity index (χ4v) is 3.47. The number of nitrogens with zero attached hydrogens (tertiary/aromatic N) is 3. The highest BCUT2D eigenvalue weighted by molar-refractivity contribution is 7.17. The lowest BCUT2D eigenvalue weighted by atomic mass is 10.1. The Kier molecular flexibility index (Phi) is 5.42. The lowest BCUT2D eigenvalue weighted by molar-refractivity contribution is -0.380. The highest BCUT2D eigenvalue weighted by Gasteiger charge is 2.16. The highest BCUT2D eigenvalue weighted by atomic mass is 32.1. The number of piperazine rings is 1. The summed E-state index contributed by atoms with van der Waals surface area (Å²) in [6, 6.07) is 10.6. The summed E-state index contributed by atoms with van der Waals surface area (Å²) in [5, 5.41) is 13.5. The van der Waals surface area contributed by atoms with Gasteiger partial charge in [0.15, 0.2) is 0 Å². The van der Waals surface area contributed by atoms with Crippen molar-refractivity contribution in [3.8, 4) is 0 Å². The molecule has 2 aromatic rings. The maximum absolute atomic E-state index is 12.2. The van der Waals surface area contributed by atoms with Crippen molar-refractivity contribution in [1.29, 1.82) is 0 Å². The fraction of sp³-hybridized carbons (Fsp3) is 0.353. The first-order chi connectivity index (χ1) is 12.0. The first-order valence-electron chi connectivity index (χ1n) is 8.07. The molecule has 1 fully saturated rings. The number of likely N-dealkylation sites (N-methyl/N-ethyl adjacent to an activating group) is 1. The SMILES string of the molecule is CN1CCN(Cc2cccc(NC(=O)c3ccc([N+](=O)[O-])s3)c2)CC1. The molecular formula is C17H20N4O3S. The molecule has 0 atom stereocenters. The van der Waals surface area contributed by atoms with Gasteiger partial charge in [-0.2, -0.15) is 0 Å². The number of amides is 1. The lowest BCUT2D eigenvalue weighted by Crippen LogP contribution is -2.43. The third kappa shape index (κ3) is 4.62. The second-order valence-corrected chi connectivity index (χ2v) is 7.19. The van der Waals surface area contributed by atoms with Crippen molar-refractivity contribution in [2.75, 3.05) is 38.5 Å². The van der Waals surface area contributed by atoms with E-state index in [1.54, 1.807) is 0 Å². The molecule has 0 bridgehead atoms. The number of nitrogens with one attached hydrogen (secondary N) is 1. The van der Waals surface area contributed by atoms with Crippen LogP contribution in [0.5, 0.6) is 0 Å². The number of hydrogen-bond acceptors (Lipinski definition) is 6. The topological polar surface area (TPSA) is 78.7 Å². The van der Waals surface area contributed by atoms with E-state index in [-0.39, 0.29) is 10.9 Å². The number of rotatable bonds is 5. The van der Waals surface area contributed by atoms with Crippen molar-refractivity contribution in [2.24, 2.45) is 0 Å².